The number of nitrogens with zero attached hydrogens (tertiary/aromatic N) is 1. The van der Waals surface area contributed by atoms with Crippen LogP contribution in [0.15, 0.2) is 0 Å². The van der Waals surface area contributed by atoms with E-state index in [2.05, 4.69) is 5.32 Å². The third-order valence-corrected chi connectivity index (χ3v) is 5.25. The predicted molar refractivity (Wildman–Crippen MR) is 78.1 cm³/mol. The van der Waals surface area contributed by atoms with E-state index in [4.69, 9.17) is 5.11 Å². The molecule has 0 aromatic rings. The van der Waals surface area contributed by atoms with E-state index in [0.29, 0.717) is 32.4 Å². The molecule has 6 nitrogen and oxygen atoms in total. The Balaban J connectivity index is 2.37. The molecule has 2 N–H and O–H groups in total. The summed E-state index contributed by atoms with van der Waals surface area (Å²) < 4.78 is 11.2. The predicted octanol–water partition coefficient (Wildman–Crippen LogP) is 1.04. The van der Waals surface area contributed by atoms with Gasteiger partial charge in [0.2, 0.25) is 0 Å². The minimum absolute atomic E-state index is 0.0606. The van der Waals surface area contributed by atoms with Gasteiger partial charge in [0.05, 0.1) is 5.92 Å². The SMILES string of the molecule is CC1CC(C(=O)O)CCN1C(=O)NCCC(C)S(C)=O. The molecular weight excluding hydrogens is 280 g/mol. The molecule has 2 amide bonds. The van der Waals surface area contributed by atoms with Crippen LogP contribution in [0.1, 0.15) is 33.1 Å². The summed E-state index contributed by atoms with van der Waals surface area (Å²) >= 11 is 0. The van der Waals surface area contributed by atoms with Crippen LogP contribution < -0.4 is 5.32 Å². The number of aliphatic carboxylic acids is 1. The number of hydrogen-bond acceptors (Lipinski definition) is 3. The number of carbonyl (C=O) groups excluding carboxylic acids is 1. The fourth-order valence-electron chi connectivity index (χ4n) is 2.35. The molecule has 1 rings (SSSR count). The van der Waals surface area contributed by atoms with Gasteiger partial charge >= 0.3 is 12.0 Å². The fraction of sp³-hybridized carbons (Fsp3) is 0.846. The summed E-state index contributed by atoms with van der Waals surface area (Å²) in [7, 11) is -0.877. The van der Waals surface area contributed by atoms with E-state index < -0.39 is 16.8 Å². The van der Waals surface area contributed by atoms with E-state index in [9.17, 15) is 13.8 Å². The van der Waals surface area contributed by atoms with Gasteiger partial charge in [-0.2, -0.15) is 0 Å². The summed E-state index contributed by atoms with van der Waals surface area (Å²) in [5, 5.41) is 11.9. The van der Waals surface area contributed by atoms with Crippen LogP contribution in [0.2, 0.25) is 0 Å². The molecule has 1 heterocycles. The number of amides is 2. The Labute approximate surface area is 122 Å². The van der Waals surface area contributed by atoms with Crippen LogP contribution in [0.3, 0.4) is 0 Å². The van der Waals surface area contributed by atoms with E-state index in [1.54, 1.807) is 11.2 Å². The van der Waals surface area contributed by atoms with E-state index in [1.165, 1.54) is 0 Å². The van der Waals surface area contributed by atoms with Crippen LogP contribution in [0.5, 0.6) is 0 Å². The molecule has 7 heteroatoms. The number of carboxylic acid groups (broad SMARTS) is 1. The van der Waals surface area contributed by atoms with Crippen molar-refractivity contribution in [2.24, 2.45) is 5.92 Å². The topological polar surface area (TPSA) is 86.7 Å². The highest BCUT2D eigenvalue weighted by molar-refractivity contribution is 7.84. The monoisotopic (exact) mass is 304 g/mol. The molecule has 4 atom stereocenters. The number of nitrogens with one attached hydrogen (secondary N) is 1. The van der Waals surface area contributed by atoms with Gasteiger partial charge in [0.15, 0.2) is 0 Å². The van der Waals surface area contributed by atoms with Crippen LogP contribution >= 0.6 is 0 Å². The third-order valence-electron chi connectivity index (χ3n) is 3.88. The van der Waals surface area contributed by atoms with Crippen LogP contribution in [-0.2, 0) is 15.6 Å². The van der Waals surface area contributed by atoms with Gasteiger partial charge in [-0.15, -0.1) is 0 Å². The Bertz CT molecular complexity index is 389. The molecule has 0 aromatic carbocycles. The first-order chi connectivity index (χ1) is 9.32. The normalized spacial score (nSPS) is 25.9. The van der Waals surface area contributed by atoms with Crippen molar-refractivity contribution < 1.29 is 18.9 Å². The smallest absolute Gasteiger partial charge is 0.317 e. The second kappa shape index (κ2) is 7.61. The molecule has 0 aliphatic carbocycles. The summed E-state index contributed by atoms with van der Waals surface area (Å²) in [4.78, 5) is 24.7. The first-order valence-corrected chi connectivity index (χ1v) is 8.54. The van der Waals surface area contributed by atoms with Crippen molar-refractivity contribution in [2.45, 2.75) is 44.4 Å². The molecule has 0 radical (unpaired) electrons. The standard InChI is InChI=1S/C13H24N2O4S/c1-9-8-11(12(16)17)5-7-15(9)13(18)14-6-4-10(2)20(3)19/h9-11H,4-8H2,1-3H3,(H,14,18)(H,16,17). The second-order valence-corrected chi connectivity index (χ2v) is 7.23. The summed E-state index contributed by atoms with van der Waals surface area (Å²) in [5.41, 5.74) is 0. The largest absolute Gasteiger partial charge is 0.481 e. The van der Waals surface area contributed by atoms with Crippen molar-refractivity contribution in [1.29, 1.82) is 0 Å². The van der Waals surface area contributed by atoms with Crippen molar-refractivity contribution in [2.75, 3.05) is 19.3 Å². The highest BCUT2D eigenvalue weighted by Gasteiger charge is 2.32. The van der Waals surface area contributed by atoms with Crippen molar-refractivity contribution in [3.63, 3.8) is 0 Å². The van der Waals surface area contributed by atoms with Crippen molar-refractivity contribution >= 4 is 22.8 Å². The van der Waals surface area contributed by atoms with Crippen molar-refractivity contribution in [3.05, 3.63) is 0 Å². The lowest BCUT2D eigenvalue weighted by atomic mass is 9.92. The zero-order valence-electron chi connectivity index (χ0n) is 12.3. The summed E-state index contributed by atoms with van der Waals surface area (Å²) in [6.45, 7) is 4.73. The van der Waals surface area contributed by atoms with E-state index in [0.717, 1.165) is 0 Å². The average molecular weight is 304 g/mol. The van der Waals surface area contributed by atoms with Gasteiger partial charge in [0.25, 0.3) is 0 Å². The van der Waals surface area contributed by atoms with Crippen LogP contribution in [0.25, 0.3) is 0 Å². The van der Waals surface area contributed by atoms with Gasteiger partial charge in [-0.25, -0.2) is 4.79 Å². The van der Waals surface area contributed by atoms with Crippen LogP contribution in [0.4, 0.5) is 4.79 Å². The molecule has 0 aromatic heterocycles. The maximum atomic E-state index is 12.0. The summed E-state index contributed by atoms with van der Waals surface area (Å²) in [5.74, 6) is -1.13. The van der Waals surface area contributed by atoms with Gasteiger partial charge in [0.1, 0.15) is 0 Å². The molecule has 20 heavy (non-hydrogen) atoms. The fourth-order valence-corrected chi connectivity index (χ4v) is 2.80. The molecule has 0 spiro atoms. The quantitative estimate of drug-likeness (QED) is 0.794. The average Bonchev–Trinajstić information content (AvgIpc) is 2.37. The lowest BCUT2D eigenvalue weighted by Gasteiger charge is -2.36. The lowest BCUT2D eigenvalue weighted by Crippen LogP contribution is -2.50. The van der Waals surface area contributed by atoms with Gasteiger partial charge in [-0.1, -0.05) is 6.92 Å². The summed E-state index contributed by atoms with van der Waals surface area (Å²) in [6.07, 6.45) is 3.33. The molecule has 1 aliphatic rings. The molecule has 4 unspecified atom stereocenters. The van der Waals surface area contributed by atoms with E-state index in [-0.39, 0.29) is 23.2 Å². The second-order valence-electron chi connectivity index (χ2n) is 5.43. The Morgan fingerprint density at radius 3 is 2.65 bits per heavy atom. The maximum Gasteiger partial charge on any atom is 0.317 e. The van der Waals surface area contributed by atoms with Crippen molar-refractivity contribution in [1.82, 2.24) is 10.2 Å². The number of carbonyl (C=O) groups is 2. The number of carboxylic acids is 1. The molecule has 1 saturated heterocycles. The Morgan fingerprint density at radius 2 is 2.15 bits per heavy atom. The Kier molecular flexibility index (Phi) is 6.45. The third kappa shape index (κ3) is 4.77. The lowest BCUT2D eigenvalue weighted by molar-refractivity contribution is -0.143. The van der Waals surface area contributed by atoms with Gasteiger partial charge in [-0.3, -0.25) is 9.00 Å². The number of urea groups is 1. The minimum atomic E-state index is -0.877. The Morgan fingerprint density at radius 1 is 1.50 bits per heavy atom. The highest BCUT2D eigenvalue weighted by Crippen LogP contribution is 2.22. The van der Waals surface area contributed by atoms with Crippen LogP contribution in [-0.4, -0.2) is 56.9 Å². The first-order valence-electron chi connectivity index (χ1n) is 6.92. The number of piperidine rings is 1. The van der Waals surface area contributed by atoms with Gasteiger partial charge in [-0.05, 0) is 26.2 Å². The number of likely N-dealkylation sites (tertiary alicyclic amines) is 1. The zero-order valence-corrected chi connectivity index (χ0v) is 13.1. The molecule has 1 fully saturated rings. The van der Waals surface area contributed by atoms with Gasteiger partial charge < -0.3 is 15.3 Å². The van der Waals surface area contributed by atoms with Crippen LogP contribution in [0, 0.1) is 5.92 Å². The Hall–Kier alpha value is -1.11. The van der Waals surface area contributed by atoms with E-state index >= 15 is 0 Å². The van der Waals surface area contributed by atoms with E-state index in [1.807, 2.05) is 13.8 Å². The summed E-state index contributed by atoms with van der Waals surface area (Å²) in [6, 6.07) is -0.224. The number of rotatable bonds is 5. The molecule has 0 bridgehead atoms. The van der Waals surface area contributed by atoms with Gasteiger partial charge in [0, 0.05) is 41.4 Å². The maximum absolute atomic E-state index is 12.0. The number of hydrogen-bond donors (Lipinski definition) is 2. The molecule has 1 aliphatic heterocycles. The first kappa shape index (κ1) is 16.9. The molecular formula is C13H24N2O4S. The molecule has 0 saturated carbocycles. The minimum Gasteiger partial charge on any atom is -0.481 e. The van der Waals surface area contributed by atoms with Crippen molar-refractivity contribution in [3.8, 4) is 0 Å². The zero-order chi connectivity index (χ0) is 15.3. The highest BCUT2D eigenvalue weighted by atomic mass is 32.2. The molecule has 116 valence electrons.